The summed E-state index contributed by atoms with van der Waals surface area (Å²) in [7, 11) is 1.35. The first-order valence-corrected chi connectivity index (χ1v) is 7.80. The molecule has 0 aliphatic heterocycles. The van der Waals surface area contributed by atoms with Crippen LogP contribution >= 0.6 is 11.3 Å². The van der Waals surface area contributed by atoms with E-state index in [2.05, 4.69) is 4.98 Å². The lowest BCUT2D eigenvalue weighted by Gasteiger charge is -2.24. The van der Waals surface area contributed by atoms with Crippen LogP contribution in [0.15, 0.2) is 41.9 Å². The number of thiophene rings is 1. The second-order valence-corrected chi connectivity index (χ2v) is 5.86. The normalized spacial score (nSPS) is 11.7. The van der Waals surface area contributed by atoms with Crippen LogP contribution < -0.4 is 0 Å². The van der Waals surface area contributed by atoms with Crippen molar-refractivity contribution in [1.82, 2.24) is 9.88 Å². The molecule has 0 saturated carbocycles. The Morgan fingerprint density at radius 1 is 1.32 bits per heavy atom. The van der Waals surface area contributed by atoms with Crippen LogP contribution in [0, 0.1) is 5.92 Å². The molecule has 22 heavy (non-hydrogen) atoms. The highest BCUT2D eigenvalue weighted by Gasteiger charge is 2.23. The molecule has 0 aliphatic carbocycles. The third-order valence-electron chi connectivity index (χ3n) is 3.20. The first kappa shape index (κ1) is 16.2. The zero-order valence-electron chi connectivity index (χ0n) is 12.6. The van der Waals surface area contributed by atoms with Crippen molar-refractivity contribution in [2.24, 2.45) is 5.92 Å². The molecule has 2 rings (SSSR count). The van der Waals surface area contributed by atoms with Crippen molar-refractivity contribution < 1.29 is 14.3 Å². The number of aromatic nitrogens is 1. The summed E-state index contributed by atoms with van der Waals surface area (Å²) in [5, 5.41) is 1.86. The Labute approximate surface area is 133 Å². The van der Waals surface area contributed by atoms with Gasteiger partial charge in [0.25, 0.3) is 5.91 Å². The van der Waals surface area contributed by atoms with Gasteiger partial charge < -0.3 is 9.64 Å². The molecule has 1 atom stereocenters. The quantitative estimate of drug-likeness (QED) is 0.768. The fourth-order valence-electron chi connectivity index (χ4n) is 2.07. The molecule has 0 saturated heterocycles. The Morgan fingerprint density at radius 3 is 2.73 bits per heavy atom. The monoisotopic (exact) mass is 318 g/mol. The van der Waals surface area contributed by atoms with E-state index in [0.717, 1.165) is 5.69 Å². The number of amides is 1. The molecular formula is C16H18N2O3S. The molecule has 2 heterocycles. The van der Waals surface area contributed by atoms with Crippen LogP contribution in [-0.4, -0.2) is 35.4 Å². The van der Waals surface area contributed by atoms with E-state index in [4.69, 9.17) is 4.74 Å². The van der Waals surface area contributed by atoms with Crippen LogP contribution in [0.5, 0.6) is 0 Å². The first-order valence-electron chi connectivity index (χ1n) is 6.92. The lowest BCUT2D eigenvalue weighted by atomic mass is 10.1. The number of pyridine rings is 1. The average molecular weight is 318 g/mol. The Bertz CT molecular complexity index is 614. The number of methoxy groups -OCH3 is 1. The van der Waals surface area contributed by atoms with E-state index in [1.54, 1.807) is 24.1 Å². The molecule has 0 bridgehead atoms. The highest BCUT2D eigenvalue weighted by Crippen LogP contribution is 2.16. The standard InChI is InChI=1S/C16H18N2O3S/c1-12(16(20)21-2)10-18(11-13-6-3-4-8-17-13)15(19)14-7-5-9-22-14/h3-9,12H,10-11H2,1-2H3. The number of hydrogen-bond acceptors (Lipinski definition) is 5. The fourth-order valence-corrected chi connectivity index (χ4v) is 2.76. The van der Waals surface area contributed by atoms with E-state index >= 15 is 0 Å². The van der Waals surface area contributed by atoms with Crippen LogP contribution in [-0.2, 0) is 16.1 Å². The van der Waals surface area contributed by atoms with E-state index in [1.165, 1.54) is 18.4 Å². The van der Waals surface area contributed by atoms with Gasteiger partial charge >= 0.3 is 5.97 Å². The number of carbonyl (C=O) groups is 2. The molecule has 5 nitrogen and oxygen atoms in total. The molecule has 2 aromatic heterocycles. The molecule has 0 N–H and O–H groups in total. The van der Waals surface area contributed by atoms with Crippen molar-refractivity contribution in [3.63, 3.8) is 0 Å². The number of ether oxygens (including phenoxy) is 1. The Morgan fingerprint density at radius 2 is 2.14 bits per heavy atom. The Hall–Kier alpha value is -2.21. The van der Waals surface area contributed by atoms with E-state index in [9.17, 15) is 9.59 Å². The lowest BCUT2D eigenvalue weighted by Crippen LogP contribution is -2.36. The van der Waals surface area contributed by atoms with Crippen LogP contribution in [0.4, 0.5) is 0 Å². The molecule has 1 unspecified atom stereocenters. The summed E-state index contributed by atoms with van der Waals surface area (Å²) in [6, 6.07) is 9.17. The molecule has 1 amide bonds. The van der Waals surface area contributed by atoms with Gasteiger partial charge in [-0.1, -0.05) is 19.1 Å². The van der Waals surface area contributed by atoms with Gasteiger partial charge in [-0.2, -0.15) is 0 Å². The summed E-state index contributed by atoms with van der Waals surface area (Å²) in [6.07, 6.45) is 1.69. The smallest absolute Gasteiger partial charge is 0.310 e. The number of rotatable bonds is 6. The van der Waals surface area contributed by atoms with Gasteiger partial charge in [0, 0.05) is 12.7 Å². The summed E-state index contributed by atoms with van der Waals surface area (Å²) in [4.78, 5) is 30.8. The maximum atomic E-state index is 12.6. The van der Waals surface area contributed by atoms with Gasteiger partial charge in [0.2, 0.25) is 0 Å². The average Bonchev–Trinajstić information content (AvgIpc) is 3.08. The number of nitrogens with zero attached hydrogens (tertiary/aromatic N) is 2. The summed E-state index contributed by atoms with van der Waals surface area (Å²) in [5.41, 5.74) is 0.782. The summed E-state index contributed by atoms with van der Waals surface area (Å²) < 4.78 is 4.74. The van der Waals surface area contributed by atoms with Crippen LogP contribution in [0.25, 0.3) is 0 Å². The van der Waals surface area contributed by atoms with Gasteiger partial charge in [-0.15, -0.1) is 11.3 Å². The predicted octanol–water partition coefficient (Wildman–Crippen LogP) is 2.59. The molecule has 6 heteroatoms. The van der Waals surface area contributed by atoms with Crippen LogP contribution in [0.2, 0.25) is 0 Å². The molecule has 0 aromatic carbocycles. The second kappa shape index (κ2) is 7.70. The summed E-state index contributed by atoms with van der Waals surface area (Å²) >= 11 is 1.38. The third kappa shape index (κ3) is 4.14. The SMILES string of the molecule is COC(=O)C(C)CN(Cc1ccccn1)C(=O)c1cccs1. The minimum atomic E-state index is -0.391. The highest BCUT2D eigenvalue weighted by atomic mass is 32.1. The van der Waals surface area contributed by atoms with E-state index < -0.39 is 5.92 Å². The van der Waals surface area contributed by atoms with Crippen LogP contribution in [0.1, 0.15) is 22.3 Å². The molecule has 0 fully saturated rings. The van der Waals surface area contributed by atoms with Crippen molar-refractivity contribution in [2.45, 2.75) is 13.5 Å². The molecule has 116 valence electrons. The topological polar surface area (TPSA) is 59.5 Å². The third-order valence-corrected chi connectivity index (χ3v) is 4.05. The van der Waals surface area contributed by atoms with E-state index in [-0.39, 0.29) is 11.9 Å². The Balaban J connectivity index is 2.16. The van der Waals surface area contributed by atoms with Gasteiger partial charge in [0.15, 0.2) is 0 Å². The second-order valence-electron chi connectivity index (χ2n) is 4.91. The van der Waals surface area contributed by atoms with Gasteiger partial charge in [0.1, 0.15) is 0 Å². The molecular weight excluding hydrogens is 300 g/mol. The zero-order chi connectivity index (χ0) is 15.9. The van der Waals surface area contributed by atoms with E-state index in [1.807, 2.05) is 29.6 Å². The fraction of sp³-hybridized carbons (Fsp3) is 0.312. The van der Waals surface area contributed by atoms with E-state index in [0.29, 0.717) is 18.0 Å². The highest BCUT2D eigenvalue weighted by molar-refractivity contribution is 7.12. The minimum absolute atomic E-state index is 0.101. The van der Waals surface area contributed by atoms with Crippen molar-refractivity contribution in [2.75, 3.05) is 13.7 Å². The number of esters is 1. The first-order chi connectivity index (χ1) is 10.6. The number of carbonyl (C=O) groups excluding carboxylic acids is 2. The molecule has 2 aromatic rings. The zero-order valence-corrected chi connectivity index (χ0v) is 13.4. The van der Waals surface area contributed by atoms with Gasteiger partial charge in [-0.3, -0.25) is 14.6 Å². The van der Waals surface area contributed by atoms with Crippen LogP contribution in [0.3, 0.4) is 0 Å². The van der Waals surface area contributed by atoms with Crippen molar-refractivity contribution in [3.8, 4) is 0 Å². The maximum Gasteiger partial charge on any atom is 0.310 e. The molecule has 0 spiro atoms. The molecule has 0 aliphatic rings. The van der Waals surface area contributed by atoms with Crippen molar-refractivity contribution in [3.05, 3.63) is 52.5 Å². The number of hydrogen-bond donors (Lipinski definition) is 0. The summed E-state index contributed by atoms with van der Waals surface area (Å²) in [6.45, 7) is 2.40. The van der Waals surface area contributed by atoms with Gasteiger partial charge in [-0.25, -0.2) is 0 Å². The minimum Gasteiger partial charge on any atom is -0.469 e. The largest absolute Gasteiger partial charge is 0.469 e. The Kier molecular flexibility index (Phi) is 5.66. The predicted molar refractivity (Wildman–Crippen MR) is 84.5 cm³/mol. The lowest BCUT2D eigenvalue weighted by molar-refractivity contribution is -0.145. The summed E-state index contributed by atoms with van der Waals surface area (Å²) in [5.74, 6) is -0.820. The van der Waals surface area contributed by atoms with Gasteiger partial charge in [0.05, 0.1) is 30.1 Å². The molecule has 0 radical (unpaired) electrons. The van der Waals surface area contributed by atoms with Crippen molar-refractivity contribution >= 4 is 23.2 Å². The van der Waals surface area contributed by atoms with Crippen molar-refractivity contribution in [1.29, 1.82) is 0 Å². The maximum absolute atomic E-state index is 12.6. The van der Waals surface area contributed by atoms with Gasteiger partial charge in [-0.05, 0) is 23.6 Å².